The van der Waals surface area contributed by atoms with Crippen molar-refractivity contribution in [2.75, 3.05) is 39.4 Å². The summed E-state index contributed by atoms with van der Waals surface area (Å²) in [4.78, 5) is 68.6. The first-order valence-electron chi connectivity index (χ1n) is 25.6. The minimum absolute atomic E-state index is 0.119. The van der Waals surface area contributed by atoms with E-state index in [-0.39, 0.29) is 45.0 Å². The molecular formula is C51H94N2O10. The molecule has 0 radical (unpaired) electrons. The van der Waals surface area contributed by atoms with Gasteiger partial charge in [0.05, 0.1) is 36.9 Å². The van der Waals surface area contributed by atoms with Crippen molar-refractivity contribution in [3.63, 3.8) is 0 Å². The molecule has 0 saturated carbocycles. The highest BCUT2D eigenvalue weighted by atomic mass is 16.5. The Bertz CT molecular complexity index is 1270. The van der Waals surface area contributed by atoms with E-state index < -0.39 is 52.1 Å². The maximum absolute atomic E-state index is 13.8. The fraction of sp³-hybridized carbons (Fsp3) is 0.902. The van der Waals surface area contributed by atoms with Gasteiger partial charge in [-0.25, -0.2) is 0 Å². The Balaban J connectivity index is 3.30. The molecule has 1 rings (SSSR count). The van der Waals surface area contributed by atoms with Crippen LogP contribution in [0, 0.1) is 22.2 Å². The number of nitrogens with one attached hydrogen (secondary N) is 1. The van der Waals surface area contributed by atoms with Crippen LogP contribution in [0.3, 0.4) is 0 Å². The summed E-state index contributed by atoms with van der Waals surface area (Å²) in [6, 6.07) is 0. The number of aliphatic hydroxyl groups is 1. The number of carbonyl (C=O) groups is 5. The van der Waals surface area contributed by atoms with Crippen LogP contribution in [0.5, 0.6) is 0 Å². The molecular weight excluding hydrogens is 801 g/mol. The van der Waals surface area contributed by atoms with Crippen LogP contribution in [-0.4, -0.2) is 95.5 Å². The molecule has 1 amide bonds. The molecule has 12 heteroatoms. The summed E-state index contributed by atoms with van der Waals surface area (Å²) in [6.45, 7) is 13.9. The minimum atomic E-state index is -1.51. The second-order valence-corrected chi connectivity index (χ2v) is 19.7. The van der Waals surface area contributed by atoms with E-state index >= 15 is 0 Å². The van der Waals surface area contributed by atoms with E-state index in [9.17, 15) is 39.3 Å². The van der Waals surface area contributed by atoms with E-state index in [1.807, 2.05) is 0 Å². The third-order valence-electron chi connectivity index (χ3n) is 13.8. The molecule has 0 bridgehead atoms. The molecule has 0 aromatic heterocycles. The summed E-state index contributed by atoms with van der Waals surface area (Å²) in [7, 11) is 0. The van der Waals surface area contributed by atoms with Gasteiger partial charge < -0.3 is 35.0 Å². The van der Waals surface area contributed by atoms with Crippen molar-refractivity contribution < 1.29 is 48.8 Å². The number of aliphatic hydroxyl groups excluding tert-OH is 1. The van der Waals surface area contributed by atoms with Gasteiger partial charge in [-0.2, -0.15) is 0 Å². The number of esters is 2. The van der Waals surface area contributed by atoms with Gasteiger partial charge in [0, 0.05) is 24.4 Å². The average Bonchev–Trinajstić information content (AvgIpc) is 3.79. The maximum Gasteiger partial charge on any atom is 0.310 e. The summed E-state index contributed by atoms with van der Waals surface area (Å²) in [5.74, 6) is -4.30. The lowest BCUT2D eigenvalue weighted by atomic mass is 9.61. The molecule has 0 aromatic rings. The second-order valence-electron chi connectivity index (χ2n) is 19.7. The summed E-state index contributed by atoms with van der Waals surface area (Å²) in [5.41, 5.74) is -3.51. The van der Waals surface area contributed by atoms with Gasteiger partial charge in [-0.15, -0.1) is 0 Å². The third kappa shape index (κ3) is 23.3. The number of carboxylic acid groups (broad SMARTS) is 2. The molecule has 1 aliphatic heterocycles. The number of unbranched alkanes of at least 4 members (excludes halogenated alkanes) is 16. The Labute approximate surface area is 383 Å². The Morgan fingerprint density at radius 3 is 1.52 bits per heavy atom. The number of hydrogen-bond donors (Lipinski definition) is 4. The second kappa shape index (κ2) is 33.7. The molecule has 4 N–H and O–H groups in total. The van der Waals surface area contributed by atoms with Crippen LogP contribution in [0.1, 0.15) is 228 Å². The number of ether oxygens (including phenoxy) is 2. The van der Waals surface area contributed by atoms with E-state index in [0.29, 0.717) is 45.1 Å². The van der Waals surface area contributed by atoms with Crippen LogP contribution in [0.25, 0.3) is 0 Å². The number of rotatable bonds is 41. The standard InChI is InChI=1S/C51H94N2O10/c1-7-11-15-19-21-24-32-50(47(58)59,31-23-17-13-9-3)39-42(51(48(60)61,33-25-18-14-10-4)34-26-22-20-16-12-8-2)40-62-43(54)29-35-52-46(57)45(56)49(5,6)41-63-44(55)30-38-53-36-27-28-37-53/h42,45,56H,7-41H2,1-6H3,(H,52,57)(H,58,59)(H,60,61)/t42?,45-,50?,51?/m0/s1. The van der Waals surface area contributed by atoms with Crippen molar-refractivity contribution in [3.8, 4) is 0 Å². The van der Waals surface area contributed by atoms with Gasteiger partial charge in [0.2, 0.25) is 5.91 Å². The first-order valence-corrected chi connectivity index (χ1v) is 25.6. The molecule has 0 aromatic carbocycles. The van der Waals surface area contributed by atoms with Crippen molar-refractivity contribution in [3.05, 3.63) is 0 Å². The highest BCUT2D eigenvalue weighted by molar-refractivity contribution is 5.82. The average molecular weight is 895 g/mol. The lowest BCUT2D eigenvalue weighted by Crippen LogP contribution is -2.47. The van der Waals surface area contributed by atoms with Crippen LogP contribution in [0.15, 0.2) is 0 Å². The number of aliphatic carboxylic acids is 2. The van der Waals surface area contributed by atoms with Gasteiger partial charge in [0.1, 0.15) is 6.10 Å². The molecule has 1 saturated heterocycles. The zero-order chi connectivity index (χ0) is 47.0. The number of hydrogen-bond acceptors (Lipinski definition) is 9. The van der Waals surface area contributed by atoms with E-state index in [2.05, 4.69) is 37.9 Å². The number of nitrogens with zero attached hydrogens (tertiary/aromatic N) is 1. The van der Waals surface area contributed by atoms with Gasteiger partial charge in [0.15, 0.2) is 0 Å². The molecule has 1 aliphatic rings. The van der Waals surface area contributed by atoms with Crippen LogP contribution in [0.4, 0.5) is 0 Å². The third-order valence-corrected chi connectivity index (χ3v) is 13.8. The lowest BCUT2D eigenvalue weighted by Gasteiger charge is -2.42. The highest BCUT2D eigenvalue weighted by Crippen LogP contribution is 2.48. The SMILES string of the molecule is CCCCCCCCC(CCCCCC)(CC(COC(=O)CCNC(=O)[C@H](O)C(C)(C)COC(=O)CCN1CCCC1)C(CCCCCC)(CCCCCCCC)C(=O)O)C(=O)O. The van der Waals surface area contributed by atoms with Gasteiger partial charge >= 0.3 is 23.9 Å². The first-order chi connectivity index (χ1) is 30.1. The fourth-order valence-corrected chi connectivity index (χ4v) is 9.34. The van der Waals surface area contributed by atoms with Gasteiger partial charge in [-0.05, 0) is 58.0 Å². The van der Waals surface area contributed by atoms with Crippen LogP contribution in [0.2, 0.25) is 0 Å². The molecule has 368 valence electrons. The smallest absolute Gasteiger partial charge is 0.310 e. The summed E-state index contributed by atoms with van der Waals surface area (Å²) in [6.07, 6.45) is 21.7. The Hall–Kier alpha value is -2.73. The predicted octanol–water partition coefficient (Wildman–Crippen LogP) is 11.0. The van der Waals surface area contributed by atoms with Crippen molar-refractivity contribution in [2.24, 2.45) is 22.2 Å². The zero-order valence-electron chi connectivity index (χ0n) is 41.1. The first kappa shape index (κ1) is 58.3. The Morgan fingerprint density at radius 2 is 1.05 bits per heavy atom. The number of likely N-dealkylation sites (tertiary alicyclic amines) is 1. The number of amides is 1. The van der Waals surface area contributed by atoms with E-state index in [4.69, 9.17) is 9.47 Å². The van der Waals surface area contributed by atoms with Gasteiger partial charge in [0.25, 0.3) is 0 Å². The van der Waals surface area contributed by atoms with Crippen molar-refractivity contribution in [1.29, 1.82) is 0 Å². The monoisotopic (exact) mass is 895 g/mol. The van der Waals surface area contributed by atoms with Gasteiger partial charge in [-0.1, -0.05) is 170 Å². The highest BCUT2D eigenvalue weighted by Gasteiger charge is 2.50. The van der Waals surface area contributed by atoms with Gasteiger partial charge in [-0.3, -0.25) is 24.0 Å². The Morgan fingerprint density at radius 1 is 0.603 bits per heavy atom. The summed E-state index contributed by atoms with van der Waals surface area (Å²) in [5, 5.41) is 36.0. The van der Waals surface area contributed by atoms with E-state index in [1.54, 1.807) is 13.8 Å². The quantitative estimate of drug-likeness (QED) is 0.0339. The molecule has 4 atom stereocenters. The van der Waals surface area contributed by atoms with E-state index in [0.717, 1.165) is 142 Å². The normalized spacial score (nSPS) is 16.2. The fourth-order valence-electron chi connectivity index (χ4n) is 9.34. The van der Waals surface area contributed by atoms with Crippen LogP contribution in [-0.2, 0) is 33.4 Å². The number of carbonyl (C=O) groups excluding carboxylic acids is 3. The molecule has 1 fully saturated rings. The zero-order valence-corrected chi connectivity index (χ0v) is 41.1. The molecule has 63 heavy (non-hydrogen) atoms. The van der Waals surface area contributed by atoms with E-state index in [1.165, 1.54) is 0 Å². The molecule has 12 nitrogen and oxygen atoms in total. The summed E-state index contributed by atoms with van der Waals surface area (Å²) >= 11 is 0. The van der Waals surface area contributed by atoms with Crippen molar-refractivity contribution >= 4 is 29.8 Å². The molecule has 3 unspecified atom stereocenters. The molecule has 0 spiro atoms. The minimum Gasteiger partial charge on any atom is -0.481 e. The van der Waals surface area contributed by atoms with Crippen molar-refractivity contribution in [1.82, 2.24) is 10.2 Å². The largest absolute Gasteiger partial charge is 0.481 e. The predicted molar refractivity (Wildman–Crippen MR) is 251 cm³/mol. The topological polar surface area (TPSA) is 180 Å². The molecule has 1 heterocycles. The van der Waals surface area contributed by atoms with Crippen molar-refractivity contribution in [2.45, 2.75) is 234 Å². The molecule has 0 aliphatic carbocycles. The Kier molecular flexibility index (Phi) is 31.2. The number of carboxylic acids is 2. The maximum atomic E-state index is 13.8. The summed E-state index contributed by atoms with van der Waals surface area (Å²) < 4.78 is 11.4. The van der Waals surface area contributed by atoms with Crippen LogP contribution < -0.4 is 5.32 Å². The van der Waals surface area contributed by atoms with Crippen LogP contribution >= 0.6 is 0 Å². The lowest BCUT2D eigenvalue weighted by molar-refractivity contribution is -0.166.